The molecule has 1 amide bonds. The van der Waals surface area contributed by atoms with E-state index in [4.69, 9.17) is 16.3 Å². The standard InChI is InChI=1S/C23H22ClFN2O4S/c1-31-21-12-9-18(24)14-22(21)32(29,30)27-20(13-16-5-3-2-4-6-16)23(28)26-15-17-7-10-19(25)11-8-17/h2-12,14,20,27H,13,15H2,1H3,(H,26,28)/t20-/m1/s1. The van der Waals surface area contributed by atoms with Gasteiger partial charge in [0.25, 0.3) is 0 Å². The molecule has 0 heterocycles. The largest absolute Gasteiger partial charge is 0.495 e. The Balaban J connectivity index is 1.84. The quantitative estimate of drug-likeness (QED) is 0.493. The molecule has 0 aromatic heterocycles. The zero-order valence-corrected chi connectivity index (χ0v) is 18.8. The van der Waals surface area contributed by atoms with Crippen molar-refractivity contribution in [1.29, 1.82) is 0 Å². The van der Waals surface area contributed by atoms with E-state index < -0.39 is 22.0 Å². The van der Waals surface area contributed by atoms with Gasteiger partial charge in [0.05, 0.1) is 7.11 Å². The monoisotopic (exact) mass is 476 g/mol. The molecule has 3 aromatic rings. The van der Waals surface area contributed by atoms with Gasteiger partial charge in [-0.25, -0.2) is 12.8 Å². The molecule has 3 rings (SSSR count). The van der Waals surface area contributed by atoms with Gasteiger partial charge in [-0.3, -0.25) is 4.79 Å². The molecular weight excluding hydrogens is 455 g/mol. The molecule has 0 radical (unpaired) electrons. The van der Waals surface area contributed by atoms with Gasteiger partial charge in [-0.2, -0.15) is 4.72 Å². The minimum atomic E-state index is -4.15. The number of ether oxygens (including phenoxy) is 1. The molecule has 32 heavy (non-hydrogen) atoms. The smallest absolute Gasteiger partial charge is 0.245 e. The van der Waals surface area contributed by atoms with Crippen molar-refractivity contribution in [3.8, 4) is 5.75 Å². The first-order chi connectivity index (χ1) is 15.3. The van der Waals surface area contributed by atoms with E-state index in [1.807, 2.05) is 6.07 Å². The van der Waals surface area contributed by atoms with Crippen molar-refractivity contribution < 1.29 is 22.3 Å². The maximum absolute atomic E-state index is 13.1. The van der Waals surface area contributed by atoms with Crippen molar-refractivity contribution in [3.05, 3.63) is 94.8 Å². The lowest BCUT2D eigenvalue weighted by atomic mass is 10.1. The Morgan fingerprint density at radius 1 is 1.03 bits per heavy atom. The lowest BCUT2D eigenvalue weighted by Gasteiger charge is -2.20. The van der Waals surface area contributed by atoms with E-state index in [-0.39, 0.29) is 34.5 Å². The van der Waals surface area contributed by atoms with Crippen molar-refractivity contribution >= 4 is 27.5 Å². The fraction of sp³-hybridized carbons (Fsp3) is 0.174. The average molecular weight is 477 g/mol. The number of hydrogen-bond acceptors (Lipinski definition) is 4. The zero-order valence-electron chi connectivity index (χ0n) is 17.2. The number of nitrogens with one attached hydrogen (secondary N) is 2. The summed E-state index contributed by atoms with van der Waals surface area (Å²) in [5, 5.41) is 2.92. The van der Waals surface area contributed by atoms with Crippen molar-refractivity contribution in [1.82, 2.24) is 10.0 Å². The number of amides is 1. The Bertz CT molecular complexity index is 1170. The van der Waals surface area contributed by atoms with Crippen LogP contribution in [0, 0.1) is 5.82 Å². The Morgan fingerprint density at radius 2 is 1.72 bits per heavy atom. The molecule has 9 heteroatoms. The summed E-state index contributed by atoms with van der Waals surface area (Å²) in [6.07, 6.45) is 0.123. The van der Waals surface area contributed by atoms with Crippen LogP contribution in [0.2, 0.25) is 5.02 Å². The predicted molar refractivity (Wildman–Crippen MR) is 121 cm³/mol. The summed E-state index contributed by atoms with van der Waals surface area (Å²) in [5.74, 6) is -0.805. The van der Waals surface area contributed by atoms with E-state index in [1.54, 1.807) is 36.4 Å². The van der Waals surface area contributed by atoms with Gasteiger partial charge in [0, 0.05) is 11.6 Å². The summed E-state index contributed by atoms with van der Waals surface area (Å²) in [4.78, 5) is 12.8. The second-order valence-electron chi connectivity index (χ2n) is 7.00. The third-order valence-electron chi connectivity index (χ3n) is 4.69. The van der Waals surface area contributed by atoms with Crippen LogP contribution in [0.3, 0.4) is 0 Å². The van der Waals surface area contributed by atoms with Crippen LogP contribution >= 0.6 is 11.6 Å². The van der Waals surface area contributed by atoms with Crippen LogP contribution in [0.25, 0.3) is 0 Å². The van der Waals surface area contributed by atoms with Crippen molar-refractivity contribution in [2.45, 2.75) is 23.9 Å². The molecule has 0 saturated heterocycles. The molecule has 0 fully saturated rings. The van der Waals surface area contributed by atoms with Crippen molar-refractivity contribution in [3.63, 3.8) is 0 Å². The van der Waals surface area contributed by atoms with E-state index in [1.165, 1.54) is 37.4 Å². The number of sulfonamides is 1. The molecular formula is C23H22ClFN2O4S. The number of methoxy groups -OCH3 is 1. The van der Waals surface area contributed by atoms with Crippen molar-refractivity contribution in [2.24, 2.45) is 0 Å². The van der Waals surface area contributed by atoms with E-state index in [9.17, 15) is 17.6 Å². The first-order valence-corrected chi connectivity index (χ1v) is 11.6. The third kappa shape index (κ3) is 6.29. The maximum atomic E-state index is 13.1. The number of rotatable bonds is 9. The fourth-order valence-corrected chi connectivity index (χ4v) is 4.69. The Hall–Kier alpha value is -2.94. The Morgan fingerprint density at radius 3 is 2.38 bits per heavy atom. The molecule has 0 aliphatic carbocycles. The van der Waals surface area contributed by atoms with Crippen LogP contribution in [0.5, 0.6) is 5.75 Å². The lowest BCUT2D eigenvalue weighted by molar-refractivity contribution is -0.122. The SMILES string of the molecule is COc1ccc(Cl)cc1S(=O)(=O)N[C@H](Cc1ccccc1)C(=O)NCc1ccc(F)cc1. The Labute approximate surface area is 191 Å². The van der Waals surface area contributed by atoms with Gasteiger partial charge in [0.2, 0.25) is 15.9 Å². The molecule has 0 bridgehead atoms. The summed E-state index contributed by atoms with van der Waals surface area (Å²) >= 11 is 5.98. The first kappa shape index (κ1) is 23.7. The third-order valence-corrected chi connectivity index (χ3v) is 6.42. The van der Waals surface area contributed by atoms with E-state index >= 15 is 0 Å². The summed E-state index contributed by atoms with van der Waals surface area (Å²) in [5.41, 5.74) is 1.45. The van der Waals surface area contributed by atoms with Crippen LogP contribution in [0.15, 0.2) is 77.7 Å². The van der Waals surface area contributed by atoms with Crippen molar-refractivity contribution in [2.75, 3.05) is 7.11 Å². The first-order valence-electron chi connectivity index (χ1n) is 9.70. The lowest BCUT2D eigenvalue weighted by Crippen LogP contribution is -2.47. The van der Waals surface area contributed by atoms with Gasteiger partial charge >= 0.3 is 0 Å². The number of halogens is 2. The van der Waals surface area contributed by atoms with E-state index in [2.05, 4.69) is 10.0 Å². The highest BCUT2D eigenvalue weighted by Crippen LogP contribution is 2.27. The number of carbonyl (C=O) groups excluding carboxylic acids is 1. The van der Waals surface area contributed by atoms with Gasteiger partial charge in [0.15, 0.2) is 0 Å². The van der Waals surface area contributed by atoms with Gasteiger partial charge in [-0.05, 0) is 47.9 Å². The topological polar surface area (TPSA) is 84.5 Å². The minimum Gasteiger partial charge on any atom is -0.495 e. The number of hydrogen-bond donors (Lipinski definition) is 2. The second-order valence-corrected chi connectivity index (χ2v) is 9.12. The summed E-state index contributed by atoms with van der Waals surface area (Å²) in [6.45, 7) is 0.118. The summed E-state index contributed by atoms with van der Waals surface area (Å²) in [6, 6.07) is 17.8. The van der Waals surface area contributed by atoms with Crippen LogP contribution < -0.4 is 14.8 Å². The minimum absolute atomic E-state index is 0.104. The van der Waals surface area contributed by atoms with E-state index in [0.717, 1.165) is 5.56 Å². The molecule has 168 valence electrons. The Kier molecular flexibility index (Phi) is 7.84. The molecule has 0 unspecified atom stereocenters. The van der Waals surface area contributed by atoms with Gasteiger partial charge in [-0.1, -0.05) is 54.1 Å². The highest BCUT2D eigenvalue weighted by molar-refractivity contribution is 7.89. The van der Waals surface area contributed by atoms with Crippen LogP contribution in [0.1, 0.15) is 11.1 Å². The van der Waals surface area contributed by atoms with Gasteiger partial charge in [-0.15, -0.1) is 0 Å². The molecule has 2 N–H and O–H groups in total. The molecule has 0 spiro atoms. The summed E-state index contributed by atoms with van der Waals surface area (Å²) in [7, 11) is -2.80. The molecule has 6 nitrogen and oxygen atoms in total. The van der Waals surface area contributed by atoms with Crippen LogP contribution in [-0.4, -0.2) is 27.5 Å². The predicted octanol–water partition coefficient (Wildman–Crippen LogP) is 3.69. The average Bonchev–Trinajstić information content (AvgIpc) is 2.78. The van der Waals surface area contributed by atoms with Gasteiger partial charge in [0.1, 0.15) is 22.5 Å². The summed E-state index contributed by atoms with van der Waals surface area (Å²) < 4.78 is 46.9. The van der Waals surface area contributed by atoms with Crippen LogP contribution in [0.4, 0.5) is 4.39 Å². The normalized spacial score (nSPS) is 12.2. The maximum Gasteiger partial charge on any atom is 0.245 e. The molecule has 0 saturated carbocycles. The molecule has 0 aliphatic rings. The molecule has 1 atom stereocenters. The van der Waals surface area contributed by atoms with E-state index in [0.29, 0.717) is 5.56 Å². The highest BCUT2D eigenvalue weighted by atomic mass is 35.5. The second kappa shape index (κ2) is 10.6. The highest BCUT2D eigenvalue weighted by Gasteiger charge is 2.28. The van der Waals surface area contributed by atoms with Gasteiger partial charge < -0.3 is 10.1 Å². The molecule has 0 aliphatic heterocycles. The fourth-order valence-electron chi connectivity index (χ4n) is 3.06. The molecule has 3 aromatic carbocycles. The number of benzene rings is 3. The number of carbonyl (C=O) groups is 1. The van der Waals surface area contributed by atoms with Crippen LogP contribution in [-0.2, 0) is 27.8 Å². The zero-order chi connectivity index (χ0) is 23.1.